The van der Waals surface area contributed by atoms with Crippen LogP contribution < -0.4 is 0 Å². The standard InChI is InChI=1S/C18H30O16/c1-3-5(20)6(21)9(24)17(30-3)32-12-4(2-19)31-16(29)14(11(12)26)34-18-10(25)7(22)8(23)13(33-18)15(27)28/h3-14,16-26,29H,2H2,1H3,(H,27,28)/t3-,4+,5-,6+,7-,8-,9+,10+,11-,12+,13-,14-,16-,17-,18+/m0/s1. The fourth-order valence-electron chi connectivity index (χ4n) is 3.97. The van der Waals surface area contributed by atoms with E-state index in [1.807, 2.05) is 0 Å². The first-order chi connectivity index (χ1) is 15.9. The monoisotopic (exact) mass is 502 g/mol. The van der Waals surface area contributed by atoms with Crippen LogP contribution in [0.15, 0.2) is 0 Å². The number of aliphatic carboxylic acids is 1. The van der Waals surface area contributed by atoms with Gasteiger partial charge in [0.25, 0.3) is 0 Å². The zero-order chi connectivity index (χ0) is 25.5. The number of hydrogen-bond acceptors (Lipinski definition) is 15. The molecule has 3 rings (SSSR count). The SMILES string of the molecule is C[C@@H]1O[C@@H](O[C@H]2[C@H](O)[C@H](O[C@H]3O[C@H](C(=O)O)[C@@H](O)[C@H](O)[C@H]3O)[C@@H](O)O[C@@H]2CO)[C@H](O)[C@H](O)[C@H]1O. The lowest BCUT2D eigenvalue weighted by Gasteiger charge is -2.47. The summed E-state index contributed by atoms with van der Waals surface area (Å²) in [6.07, 6.45) is -26.2. The second-order valence-electron chi connectivity index (χ2n) is 8.36. The lowest BCUT2D eigenvalue weighted by atomic mass is 9.96. The van der Waals surface area contributed by atoms with Gasteiger partial charge in [0, 0.05) is 0 Å². The summed E-state index contributed by atoms with van der Waals surface area (Å²) in [6, 6.07) is 0. The lowest BCUT2D eigenvalue weighted by Crippen LogP contribution is -2.66. The van der Waals surface area contributed by atoms with Crippen LogP contribution in [0.5, 0.6) is 0 Å². The Morgan fingerprint density at radius 2 is 1.24 bits per heavy atom. The first-order valence-electron chi connectivity index (χ1n) is 10.4. The van der Waals surface area contributed by atoms with Gasteiger partial charge in [-0.05, 0) is 6.92 Å². The summed E-state index contributed by atoms with van der Waals surface area (Å²) in [5.74, 6) is -1.69. The molecule has 15 atom stereocenters. The van der Waals surface area contributed by atoms with E-state index in [1.54, 1.807) is 0 Å². The number of hydrogen-bond donors (Lipinski definition) is 10. The molecular weight excluding hydrogens is 472 g/mol. The van der Waals surface area contributed by atoms with Crippen molar-refractivity contribution in [1.29, 1.82) is 0 Å². The maximum atomic E-state index is 11.3. The maximum Gasteiger partial charge on any atom is 0.335 e. The highest BCUT2D eigenvalue weighted by molar-refractivity contribution is 5.73. The van der Waals surface area contributed by atoms with Gasteiger partial charge in [-0.3, -0.25) is 0 Å². The minimum atomic E-state index is -2.02. The molecule has 3 saturated heterocycles. The Balaban J connectivity index is 1.77. The number of aliphatic hydroxyl groups excluding tert-OH is 9. The van der Waals surface area contributed by atoms with E-state index in [4.69, 9.17) is 28.8 Å². The zero-order valence-corrected chi connectivity index (χ0v) is 17.8. The van der Waals surface area contributed by atoms with Crippen molar-refractivity contribution >= 4 is 5.97 Å². The van der Waals surface area contributed by atoms with Crippen LogP contribution in [0.3, 0.4) is 0 Å². The van der Waals surface area contributed by atoms with E-state index < -0.39 is 105 Å². The summed E-state index contributed by atoms with van der Waals surface area (Å²) >= 11 is 0. The van der Waals surface area contributed by atoms with Crippen molar-refractivity contribution in [3.05, 3.63) is 0 Å². The van der Waals surface area contributed by atoms with Crippen molar-refractivity contribution in [3.8, 4) is 0 Å². The van der Waals surface area contributed by atoms with E-state index in [0.29, 0.717) is 0 Å². The fourth-order valence-corrected chi connectivity index (χ4v) is 3.97. The highest BCUT2D eigenvalue weighted by Crippen LogP contribution is 2.32. The molecule has 0 spiro atoms. The van der Waals surface area contributed by atoms with Crippen LogP contribution in [-0.4, -0.2) is 156 Å². The summed E-state index contributed by atoms with van der Waals surface area (Å²) in [7, 11) is 0. The number of carboxylic acid groups (broad SMARTS) is 1. The predicted molar refractivity (Wildman–Crippen MR) is 100 cm³/mol. The van der Waals surface area contributed by atoms with Crippen LogP contribution in [0, 0.1) is 0 Å². The summed E-state index contributed by atoms with van der Waals surface area (Å²) in [4.78, 5) is 11.3. The second-order valence-corrected chi connectivity index (χ2v) is 8.36. The molecule has 0 bridgehead atoms. The van der Waals surface area contributed by atoms with Crippen molar-refractivity contribution in [2.75, 3.05) is 6.61 Å². The minimum Gasteiger partial charge on any atom is -0.479 e. The van der Waals surface area contributed by atoms with Crippen LogP contribution >= 0.6 is 0 Å². The largest absolute Gasteiger partial charge is 0.479 e. The third-order valence-corrected chi connectivity index (χ3v) is 6.02. The Morgan fingerprint density at radius 3 is 1.79 bits per heavy atom. The van der Waals surface area contributed by atoms with Gasteiger partial charge in [-0.15, -0.1) is 0 Å². The van der Waals surface area contributed by atoms with Crippen LogP contribution in [0.2, 0.25) is 0 Å². The highest BCUT2D eigenvalue weighted by atomic mass is 16.8. The van der Waals surface area contributed by atoms with Crippen LogP contribution in [-0.2, 0) is 28.5 Å². The molecule has 10 N–H and O–H groups in total. The molecule has 0 aliphatic carbocycles. The van der Waals surface area contributed by atoms with Crippen molar-refractivity contribution in [2.45, 2.75) is 99.0 Å². The van der Waals surface area contributed by atoms with Gasteiger partial charge < -0.3 is 74.7 Å². The molecular formula is C18H30O16. The van der Waals surface area contributed by atoms with E-state index in [2.05, 4.69) is 0 Å². The second kappa shape index (κ2) is 10.9. The topological polar surface area (TPSA) is 266 Å². The average Bonchev–Trinajstić information content (AvgIpc) is 2.79. The summed E-state index contributed by atoms with van der Waals surface area (Å²) in [5.41, 5.74) is 0. The van der Waals surface area contributed by atoms with Crippen molar-refractivity contribution in [2.24, 2.45) is 0 Å². The maximum absolute atomic E-state index is 11.3. The Morgan fingerprint density at radius 1 is 0.706 bits per heavy atom. The molecule has 0 aromatic heterocycles. The quantitative estimate of drug-likeness (QED) is 0.162. The molecule has 3 aliphatic rings. The van der Waals surface area contributed by atoms with Gasteiger partial charge >= 0.3 is 5.97 Å². The van der Waals surface area contributed by atoms with E-state index in [0.717, 1.165) is 0 Å². The molecule has 0 radical (unpaired) electrons. The molecule has 16 heteroatoms. The third kappa shape index (κ3) is 5.20. The van der Waals surface area contributed by atoms with Gasteiger partial charge in [0.1, 0.15) is 61.0 Å². The predicted octanol–water partition coefficient (Wildman–Crippen LogP) is -6.45. The van der Waals surface area contributed by atoms with Crippen molar-refractivity contribution < 1.29 is 79.5 Å². The number of carbonyl (C=O) groups is 1. The molecule has 0 unspecified atom stereocenters. The lowest BCUT2D eigenvalue weighted by molar-refractivity contribution is -0.379. The summed E-state index contributed by atoms with van der Waals surface area (Å²) in [5, 5.41) is 99.5. The molecule has 0 saturated carbocycles. The molecule has 34 heavy (non-hydrogen) atoms. The van der Waals surface area contributed by atoms with E-state index in [1.165, 1.54) is 6.92 Å². The third-order valence-electron chi connectivity index (χ3n) is 6.02. The molecule has 0 amide bonds. The summed E-state index contributed by atoms with van der Waals surface area (Å²) < 4.78 is 26.2. The normalized spacial score (nSPS) is 52.4. The average molecular weight is 502 g/mol. The number of ether oxygens (including phenoxy) is 5. The van der Waals surface area contributed by atoms with Crippen LogP contribution in [0.25, 0.3) is 0 Å². The Hall–Kier alpha value is -1.09. The van der Waals surface area contributed by atoms with E-state index >= 15 is 0 Å². The Kier molecular flexibility index (Phi) is 8.81. The van der Waals surface area contributed by atoms with Crippen LogP contribution in [0.1, 0.15) is 6.92 Å². The van der Waals surface area contributed by atoms with Gasteiger partial charge in [-0.1, -0.05) is 0 Å². The molecule has 3 heterocycles. The minimum absolute atomic E-state index is 0.802. The van der Waals surface area contributed by atoms with E-state index in [-0.39, 0.29) is 0 Å². The highest BCUT2D eigenvalue weighted by Gasteiger charge is 2.54. The molecule has 198 valence electrons. The van der Waals surface area contributed by atoms with Gasteiger partial charge in [0.2, 0.25) is 0 Å². The molecule has 3 aliphatic heterocycles. The smallest absolute Gasteiger partial charge is 0.335 e. The first-order valence-corrected chi connectivity index (χ1v) is 10.4. The number of carboxylic acids is 1. The van der Waals surface area contributed by atoms with Crippen molar-refractivity contribution in [1.82, 2.24) is 0 Å². The van der Waals surface area contributed by atoms with Gasteiger partial charge in [0.15, 0.2) is 25.0 Å². The molecule has 16 nitrogen and oxygen atoms in total. The van der Waals surface area contributed by atoms with Crippen LogP contribution in [0.4, 0.5) is 0 Å². The summed E-state index contributed by atoms with van der Waals surface area (Å²) in [6.45, 7) is 0.577. The molecule has 0 aromatic rings. The fraction of sp³-hybridized carbons (Fsp3) is 0.944. The molecule has 3 fully saturated rings. The number of rotatable bonds is 6. The van der Waals surface area contributed by atoms with Gasteiger partial charge in [0.05, 0.1) is 12.7 Å². The zero-order valence-electron chi connectivity index (χ0n) is 17.8. The van der Waals surface area contributed by atoms with Gasteiger partial charge in [-0.2, -0.15) is 0 Å². The van der Waals surface area contributed by atoms with Crippen molar-refractivity contribution in [3.63, 3.8) is 0 Å². The van der Waals surface area contributed by atoms with E-state index in [9.17, 15) is 50.8 Å². The van der Waals surface area contributed by atoms with Gasteiger partial charge in [-0.25, -0.2) is 4.79 Å². The Bertz CT molecular complexity index is 695. The molecule has 0 aromatic carbocycles. The first kappa shape index (κ1) is 27.5. The Labute approximate surface area is 192 Å². The number of aliphatic hydroxyl groups is 9.